The molecule has 0 N–H and O–H groups in total. The molecule has 0 radical (unpaired) electrons. The molecule has 0 bridgehead atoms. The summed E-state index contributed by atoms with van der Waals surface area (Å²) in [6.07, 6.45) is 7.06. The maximum atomic E-state index is 11.0. The molecule has 0 saturated carbocycles. The van der Waals surface area contributed by atoms with Crippen LogP contribution in [0, 0.1) is 0 Å². The number of benzene rings is 1. The molecular weight excluding hydrogens is 198 g/mol. The molecule has 1 aromatic rings. The maximum absolute atomic E-state index is 11.0. The van der Waals surface area contributed by atoms with Crippen molar-refractivity contribution in [1.82, 2.24) is 0 Å². The summed E-state index contributed by atoms with van der Waals surface area (Å²) in [5, 5.41) is 0. The van der Waals surface area contributed by atoms with Gasteiger partial charge in [-0.05, 0) is 18.6 Å². The molecule has 1 amide bonds. The normalized spacial score (nSPS) is 10.1. The summed E-state index contributed by atoms with van der Waals surface area (Å²) in [6.45, 7) is 3.04. The third-order valence-electron chi connectivity index (χ3n) is 2.72. The van der Waals surface area contributed by atoms with Gasteiger partial charge in [0.05, 0.1) is 0 Å². The van der Waals surface area contributed by atoms with E-state index in [0.717, 1.165) is 25.1 Å². The second-order valence-corrected chi connectivity index (χ2v) is 4.05. The molecular formula is C14H21NO. The van der Waals surface area contributed by atoms with E-state index >= 15 is 0 Å². The first-order chi connectivity index (χ1) is 7.88. The van der Waals surface area contributed by atoms with Crippen LogP contribution in [0.1, 0.15) is 39.0 Å². The lowest BCUT2D eigenvalue weighted by Crippen LogP contribution is -2.22. The minimum absolute atomic E-state index is 0.831. The van der Waals surface area contributed by atoms with Crippen molar-refractivity contribution in [3.63, 3.8) is 0 Å². The quantitative estimate of drug-likeness (QED) is 0.483. The van der Waals surface area contributed by atoms with Gasteiger partial charge in [0, 0.05) is 12.2 Å². The van der Waals surface area contributed by atoms with Gasteiger partial charge in [0.15, 0.2) is 0 Å². The molecule has 0 aromatic heterocycles. The van der Waals surface area contributed by atoms with Crippen molar-refractivity contribution in [3.8, 4) is 0 Å². The van der Waals surface area contributed by atoms with Gasteiger partial charge in [-0.2, -0.15) is 0 Å². The van der Waals surface area contributed by atoms with Gasteiger partial charge in [0.25, 0.3) is 0 Å². The topological polar surface area (TPSA) is 20.3 Å². The van der Waals surface area contributed by atoms with Gasteiger partial charge >= 0.3 is 0 Å². The molecule has 0 aliphatic rings. The van der Waals surface area contributed by atoms with E-state index in [1.807, 2.05) is 30.3 Å². The Labute approximate surface area is 98.3 Å². The van der Waals surface area contributed by atoms with Gasteiger partial charge in [0.2, 0.25) is 6.41 Å². The van der Waals surface area contributed by atoms with Crippen LogP contribution in [0.2, 0.25) is 0 Å². The Morgan fingerprint density at radius 3 is 2.38 bits per heavy atom. The van der Waals surface area contributed by atoms with E-state index < -0.39 is 0 Å². The van der Waals surface area contributed by atoms with Crippen LogP contribution in [0.15, 0.2) is 30.3 Å². The summed E-state index contributed by atoms with van der Waals surface area (Å²) in [4.78, 5) is 12.7. The largest absolute Gasteiger partial charge is 0.315 e. The van der Waals surface area contributed by atoms with Crippen molar-refractivity contribution in [3.05, 3.63) is 30.3 Å². The van der Waals surface area contributed by atoms with Crippen LogP contribution >= 0.6 is 0 Å². The van der Waals surface area contributed by atoms with Crippen molar-refractivity contribution in [2.24, 2.45) is 0 Å². The number of hydrogen-bond donors (Lipinski definition) is 0. The molecule has 0 aliphatic carbocycles. The number of hydrogen-bond acceptors (Lipinski definition) is 1. The number of nitrogens with zero attached hydrogens (tertiary/aromatic N) is 1. The molecule has 1 aromatic carbocycles. The lowest BCUT2D eigenvalue weighted by Gasteiger charge is -2.16. The highest BCUT2D eigenvalue weighted by Crippen LogP contribution is 2.12. The second-order valence-electron chi connectivity index (χ2n) is 4.05. The third-order valence-corrected chi connectivity index (χ3v) is 2.72. The van der Waals surface area contributed by atoms with E-state index in [9.17, 15) is 4.79 Å². The number of rotatable bonds is 8. The molecule has 0 heterocycles. The average Bonchev–Trinajstić information content (AvgIpc) is 2.35. The maximum Gasteiger partial charge on any atom is 0.214 e. The average molecular weight is 219 g/mol. The molecule has 16 heavy (non-hydrogen) atoms. The first-order valence-corrected chi connectivity index (χ1v) is 6.15. The summed E-state index contributed by atoms with van der Waals surface area (Å²) in [6, 6.07) is 9.83. The van der Waals surface area contributed by atoms with Gasteiger partial charge in [-0.1, -0.05) is 50.8 Å². The zero-order chi connectivity index (χ0) is 11.6. The Morgan fingerprint density at radius 2 is 1.75 bits per heavy atom. The molecule has 88 valence electrons. The molecule has 2 nitrogen and oxygen atoms in total. The minimum atomic E-state index is 0.831. The fourth-order valence-electron chi connectivity index (χ4n) is 1.75. The van der Waals surface area contributed by atoms with Gasteiger partial charge in [-0.3, -0.25) is 4.79 Å². The first-order valence-electron chi connectivity index (χ1n) is 6.15. The summed E-state index contributed by atoms with van der Waals surface area (Å²) in [7, 11) is 0. The molecule has 0 fully saturated rings. The predicted molar refractivity (Wildman–Crippen MR) is 68.6 cm³/mol. The molecule has 0 saturated heterocycles. The van der Waals surface area contributed by atoms with Crippen LogP contribution < -0.4 is 4.90 Å². The molecule has 0 aliphatic heterocycles. The van der Waals surface area contributed by atoms with E-state index in [4.69, 9.17) is 0 Å². The van der Waals surface area contributed by atoms with Crippen molar-refractivity contribution >= 4 is 12.1 Å². The van der Waals surface area contributed by atoms with E-state index in [1.165, 1.54) is 25.7 Å². The summed E-state index contributed by atoms with van der Waals surface area (Å²) in [5.74, 6) is 0. The monoisotopic (exact) mass is 219 g/mol. The highest BCUT2D eigenvalue weighted by molar-refractivity contribution is 5.74. The lowest BCUT2D eigenvalue weighted by atomic mass is 10.1. The zero-order valence-electron chi connectivity index (χ0n) is 10.1. The molecule has 0 unspecified atom stereocenters. The number of unbranched alkanes of at least 4 members (excludes halogenated alkanes) is 4. The summed E-state index contributed by atoms with van der Waals surface area (Å²) >= 11 is 0. The van der Waals surface area contributed by atoms with Gasteiger partial charge < -0.3 is 4.90 Å². The van der Waals surface area contributed by atoms with Gasteiger partial charge in [-0.15, -0.1) is 0 Å². The Balaban J connectivity index is 2.30. The molecule has 2 heteroatoms. The van der Waals surface area contributed by atoms with Crippen LogP contribution in [-0.4, -0.2) is 13.0 Å². The number of para-hydroxylation sites is 1. The fourth-order valence-corrected chi connectivity index (χ4v) is 1.75. The predicted octanol–water partition coefficient (Wildman–Crippen LogP) is 3.62. The van der Waals surface area contributed by atoms with Crippen LogP contribution in [0.3, 0.4) is 0 Å². The number of anilines is 1. The van der Waals surface area contributed by atoms with E-state index in [0.29, 0.717) is 0 Å². The highest BCUT2D eigenvalue weighted by Gasteiger charge is 2.02. The first kappa shape index (κ1) is 12.8. The number of carbonyl (C=O) groups excluding carboxylic acids is 1. The SMILES string of the molecule is CCCCCCCN(C=O)c1ccccc1. The van der Waals surface area contributed by atoms with E-state index in [-0.39, 0.29) is 0 Å². The molecule has 0 atom stereocenters. The Kier molecular flexibility index (Phi) is 6.31. The van der Waals surface area contributed by atoms with Crippen molar-refractivity contribution in [2.45, 2.75) is 39.0 Å². The van der Waals surface area contributed by atoms with Crippen LogP contribution in [0.4, 0.5) is 5.69 Å². The van der Waals surface area contributed by atoms with Crippen molar-refractivity contribution in [1.29, 1.82) is 0 Å². The minimum Gasteiger partial charge on any atom is -0.315 e. The van der Waals surface area contributed by atoms with Crippen LogP contribution in [0.5, 0.6) is 0 Å². The van der Waals surface area contributed by atoms with Gasteiger partial charge in [-0.25, -0.2) is 0 Å². The summed E-state index contributed by atoms with van der Waals surface area (Å²) < 4.78 is 0. The Bertz CT molecular complexity index is 284. The second kappa shape index (κ2) is 7.91. The van der Waals surface area contributed by atoms with Crippen LogP contribution in [0.25, 0.3) is 0 Å². The van der Waals surface area contributed by atoms with Crippen LogP contribution in [-0.2, 0) is 4.79 Å². The molecule has 0 spiro atoms. The number of carbonyl (C=O) groups is 1. The van der Waals surface area contributed by atoms with Crippen molar-refractivity contribution in [2.75, 3.05) is 11.4 Å². The number of amides is 1. The van der Waals surface area contributed by atoms with E-state index in [2.05, 4.69) is 6.92 Å². The fraction of sp³-hybridized carbons (Fsp3) is 0.500. The van der Waals surface area contributed by atoms with Gasteiger partial charge in [0.1, 0.15) is 0 Å². The van der Waals surface area contributed by atoms with E-state index in [1.54, 1.807) is 4.90 Å². The molecule has 1 rings (SSSR count). The standard InChI is InChI=1S/C14H21NO/c1-2-3-4-5-9-12-15(13-16)14-10-7-6-8-11-14/h6-8,10-11,13H,2-5,9,12H2,1H3. The smallest absolute Gasteiger partial charge is 0.214 e. The third kappa shape index (κ3) is 4.47. The summed E-state index contributed by atoms with van der Waals surface area (Å²) in [5.41, 5.74) is 0.994. The Morgan fingerprint density at radius 1 is 1.06 bits per heavy atom. The van der Waals surface area contributed by atoms with Crippen molar-refractivity contribution < 1.29 is 4.79 Å². The Hall–Kier alpha value is -1.31. The highest BCUT2D eigenvalue weighted by atomic mass is 16.1. The lowest BCUT2D eigenvalue weighted by molar-refractivity contribution is -0.107. The zero-order valence-corrected chi connectivity index (χ0v) is 10.1.